The Balaban J connectivity index is 2.10. The molecular weight excluding hydrogens is 248 g/mol. The maximum absolute atomic E-state index is 10.3. The number of hydrogen-bond donors (Lipinski definition) is 2. The van der Waals surface area contributed by atoms with Crippen molar-refractivity contribution in [2.24, 2.45) is 0 Å². The highest BCUT2D eigenvalue weighted by Gasteiger charge is 2.20. The topological polar surface area (TPSA) is 35.5 Å². The predicted octanol–water partition coefficient (Wildman–Crippen LogP) is 2.45. The van der Waals surface area contributed by atoms with Crippen LogP contribution in [0.3, 0.4) is 0 Å². The van der Waals surface area contributed by atoms with E-state index in [1.807, 2.05) is 6.92 Å². The van der Waals surface area contributed by atoms with Crippen LogP contribution in [0.4, 0.5) is 0 Å². The first-order valence-electron chi connectivity index (χ1n) is 7.64. The third-order valence-electron chi connectivity index (χ3n) is 4.09. The summed E-state index contributed by atoms with van der Waals surface area (Å²) in [6.45, 7) is 14.1. The van der Waals surface area contributed by atoms with E-state index in [0.29, 0.717) is 5.75 Å². The van der Waals surface area contributed by atoms with Crippen molar-refractivity contribution in [3.63, 3.8) is 0 Å². The van der Waals surface area contributed by atoms with Crippen LogP contribution >= 0.6 is 0 Å². The molecule has 0 aromatic heterocycles. The molecule has 0 spiro atoms. The van der Waals surface area contributed by atoms with Gasteiger partial charge in [-0.15, -0.1) is 0 Å². The SMILES string of the molecule is Cc1cc(CCN2CCNCC2)cc(C(C)(C)C)c1O. The minimum absolute atomic E-state index is 0.0140. The van der Waals surface area contributed by atoms with Gasteiger partial charge in [-0.2, -0.15) is 0 Å². The largest absolute Gasteiger partial charge is 0.507 e. The van der Waals surface area contributed by atoms with Crippen LogP contribution in [0.1, 0.15) is 37.5 Å². The molecule has 0 amide bonds. The second kappa shape index (κ2) is 6.15. The van der Waals surface area contributed by atoms with Gasteiger partial charge in [0.2, 0.25) is 0 Å². The van der Waals surface area contributed by atoms with Crippen molar-refractivity contribution in [1.82, 2.24) is 10.2 Å². The number of rotatable bonds is 3. The Morgan fingerprint density at radius 3 is 2.45 bits per heavy atom. The number of aryl methyl sites for hydroxylation is 1. The molecule has 1 aliphatic rings. The summed E-state index contributed by atoms with van der Waals surface area (Å²) in [7, 11) is 0. The lowest BCUT2D eigenvalue weighted by molar-refractivity contribution is 0.244. The van der Waals surface area contributed by atoms with Gasteiger partial charge in [-0.25, -0.2) is 0 Å². The van der Waals surface area contributed by atoms with Crippen molar-refractivity contribution in [2.75, 3.05) is 32.7 Å². The molecule has 1 aromatic rings. The average molecular weight is 276 g/mol. The second-order valence-corrected chi connectivity index (χ2v) is 6.90. The Morgan fingerprint density at radius 1 is 1.20 bits per heavy atom. The van der Waals surface area contributed by atoms with Crippen LogP contribution < -0.4 is 5.32 Å². The number of phenolic OH excluding ortho intramolecular Hbond substituents is 1. The summed E-state index contributed by atoms with van der Waals surface area (Å²) in [6.07, 6.45) is 1.06. The van der Waals surface area contributed by atoms with Gasteiger partial charge >= 0.3 is 0 Å². The summed E-state index contributed by atoms with van der Waals surface area (Å²) in [4.78, 5) is 2.51. The Hall–Kier alpha value is -1.06. The number of phenols is 1. The van der Waals surface area contributed by atoms with Gasteiger partial charge in [0.1, 0.15) is 5.75 Å². The average Bonchev–Trinajstić information content (AvgIpc) is 2.40. The molecule has 2 N–H and O–H groups in total. The van der Waals surface area contributed by atoms with Crippen LogP contribution in [0.25, 0.3) is 0 Å². The first-order chi connectivity index (χ1) is 9.38. The lowest BCUT2D eigenvalue weighted by Gasteiger charge is -2.27. The number of hydrogen-bond acceptors (Lipinski definition) is 3. The molecule has 0 saturated carbocycles. The molecule has 0 radical (unpaired) electrons. The minimum atomic E-state index is -0.0140. The first kappa shape index (κ1) is 15.3. The monoisotopic (exact) mass is 276 g/mol. The van der Waals surface area contributed by atoms with Crippen molar-refractivity contribution in [3.8, 4) is 5.75 Å². The summed E-state index contributed by atoms with van der Waals surface area (Å²) in [6, 6.07) is 4.32. The summed E-state index contributed by atoms with van der Waals surface area (Å²) in [5, 5.41) is 13.6. The van der Waals surface area contributed by atoms with E-state index in [1.165, 1.54) is 5.56 Å². The first-order valence-corrected chi connectivity index (χ1v) is 7.64. The van der Waals surface area contributed by atoms with Gasteiger partial charge in [-0.3, -0.25) is 0 Å². The van der Waals surface area contributed by atoms with Crippen molar-refractivity contribution in [1.29, 1.82) is 0 Å². The Labute approximate surface area is 123 Å². The van der Waals surface area contributed by atoms with Gasteiger partial charge < -0.3 is 15.3 Å². The van der Waals surface area contributed by atoms with Crippen LogP contribution in [0.15, 0.2) is 12.1 Å². The molecule has 1 saturated heterocycles. The van der Waals surface area contributed by atoms with Crippen LogP contribution in [-0.4, -0.2) is 42.7 Å². The number of aromatic hydroxyl groups is 1. The quantitative estimate of drug-likeness (QED) is 0.890. The Morgan fingerprint density at radius 2 is 1.85 bits per heavy atom. The van der Waals surface area contributed by atoms with Crippen LogP contribution in [-0.2, 0) is 11.8 Å². The van der Waals surface area contributed by atoms with Crippen molar-refractivity contribution >= 4 is 0 Å². The van der Waals surface area contributed by atoms with E-state index in [0.717, 1.165) is 50.3 Å². The van der Waals surface area contributed by atoms with Crippen molar-refractivity contribution < 1.29 is 5.11 Å². The van der Waals surface area contributed by atoms with Gasteiger partial charge in [-0.05, 0) is 35.4 Å². The van der Waals surface area contributed by atoms with Crippen molar-refractivity contribution in [3.05, 3.63) is 28.8 Å². The molecule has 20 heavy (non-hydrogen) atoms. The molecule has 1 aliphatic heterocycles. The molecule has 0 aliphatic carbocycles. The third kappa shape index (κ3) is 3.74. The number of piperazine rings is 1. The van der Waals surface area contributed by atoms with E-state index in [9.17, 15) is 5.11 Å². The van der Waals surface area contributed by atoms with Gasteiger partial charge in [0, 0.05) is 32.7 Å². The lowest BCUT2D eigenvalue weighted by atomic mass is 9.84. The maximum atomic E-state index is 10.3. The highest BCUT2D eigenvalue weighted by molar-refractivity contribution is 5.46. The fourth-order valence-electron chi connectivity index (χ4n) is 2.79. The summed E-state index contributed by atoms with van der Waals surface area (Å²) in [5.41, 5.74) is 3.38. The Bertz CT molecular complexity index is 457. The fraction of sp³-hybridized carbons (Fsp3) is 0.647. The molecule has 3 heteroatoms. The highest BCUT2D eigenvalue weighted by atomic mass is 16.3. The standard InChI is InChI=1S/C17H28N2O/c1-13-11-14(5-8-19-9-6-18-7-10-19)12-15(16(13)20)17(2,3)4/h11-12,18,20H,5-10H2,1-4H3. The summed E-state index contributed by atoms with van der Waals surface area (Å²) >= 11 is 0. The van der Waals surface area contributed by atoms with Gasteiger partial charge in [0.15, 0.2) is 0 Å². The van der Waals surface area contributed by atoms with Crippen LogP contribution in [0.5, 0.6) is 5.75 Å². The zero-order valence-electron chi connectivity index (χ0n) is 13.3. The van der Waals surface area contributed by atoms with Crippen molar-refractivity contribution in [2.45, 2.75) is 39.5 Å². The molecule has 0 unspecified atom stereocenters. The number of nitrogens with one attached hydrogen (secondary N) is 1. The molecule has 2 rings (SSSR count). The fourth-order valence-corrected chi connectivity index (χ4v) is 2.79. The van der Waals surface area contributed by atoms with E-state index in [1.54, 1.807) is 0 Å². The van der Waals surface area contributed by atoms with Gasteiger partial charge in [-0.1, -0.05) is 32.9 Å². The normalized spacial score (nSPS) is 17.4. The summed E-state index contributed by atoms with van der Waals surface area (Å²) in [5.74, 6) is 0.462. The van der Waals surface area contributed by atoms with E-state index < -0.39 is 0 Å². The van der Waals surface area contributed by atoms with E-state index >= 15 is 0 Å². The lowest BCUT2D eigenvalue weighted by Crippen LogP contribution is -2.44. The third-order valence-corrected chi connectivity index (χ3v) is 4.09. The number of nitrogens with zero attached hydrogens (tertiary/aromatic N) is 1. The van der Waals surface area contributed by atoms with Gasteiger partial charge in [0.05, 0.1) is 0 Å². The minimum Gasteiger partial charge on any atom is -0.507 e. The number of benzene rings is 1. The predicted molar refractivity (Wildman–Crippen MR) is 84.6 cm³/mol. The molecule has 112 valence electrons. The van der Waals surface area contributed by atoms with Gasteiger partial charge in [0.25, 0.3) is 0 Å². The molecular formula is C17H28N2O. The maximum Gasteiger partial charge on any atom is 0.122 e. The molecule has 0 bridgehead atoms. The molecule has 3 nitrogen and oxygen atoms in total. The Kier molecular flexibility index (Phi) is 4.71. The molecule has 1 fully saturated rings. The van der Waals surface area contributed by atoms with E-state index in [2.05, 4.69) is 43.1 Å². The second-order valence-electron chi connectivity index (χ2n) is 6.90. The molecule has 1 heterocycles. The zero-order valence-corrected chi connectivity index (χ0v) is 13.3. The molecule has 1 aromatic carbocycles. The highest BCUT2D eigenvalue weighted by Crippen LogP contribution is 2.34. The zero-order chi connectivity index (χ0) is 14.8. The molecule has 0 atom stereocenters. The van der Waals surface area contributed by atoms with Crippen LogP contribution in [0.2, 0.25) is 0 Å². The van der Waals surface area contributed by atoms with E-state index in [4.69, 9.17) is 0 Å². The smallest absolute Gasteiger partial charge is 0.122 e. The van der Waals surface area contributed by atoms with E-state index in [-0.39, 0.29) is 5.41 Å². The summed E-state index contributed by atoms with van der Waals surface area (Å²) < 4.78 is 0. The van der Waals surface area contributed by atoms with Crippen LogP contribution in [0, 0.1) is 6.92 Å².